The molecule has 3 aromatic carbocycles. The number of hydrogen-bond acceptors (Lipinski definition) is 1. The van der Waals surface area contributed by atoms with E-state index in [-0.39, 0.29) is 17.1 Å². The molecular formula is C19H18FeN2-6. The van der Waals surface area contributed by atoms with Crippen LogP contribution >= 0.6 is 0 Å². The van der Waals surface area contributed by atoms with Crippen LogP contribution in [0.2, 0.25) is 0 Å². The van der Waals surface area contributed by atoms with Crippen molar-refractivity contribution in [2.75, 3.05) is 0 Å². The van der Waals surface area contributed by atoms with Crippen LogP contribution in [0.3, 0.4) is 0 Å². The Hall–Kier alpha value is -2.09. The Kier molecular flexibility index (Phi) is 5.76. The largest absolute Gasteiger partial charge is 0.748 e. The second kappa shape index (κ2) is 7.79. The maximum Gasteiger partial charge on any atom is 0.0487 e. The van der Waals surface area contributed by atoms with Gasteiger partial charge in [-0.3, -0.25) is 4.98 Å². The number of nitrogens with zero attached hydrogens (tertiary/aromatic N) is 2. The SMILES string of the molecule is CCc1nc2ccccc2n1-[c-]1cccc1.[Fe].[cH-]1[cH-][cH-][cH-][cH-]1. The van der Waals surface area contributed by atoms with Gasteiger partial charge in [0.15, 0.2) is 0 Å². The topological polar surface area (TPSA) is 17.8 Å². The van der Waals surface area contributed by atoms with E-state index in [0.717, 1.165) is 17.8 Å². The molecule has 0 aliphatic heterocycles. The number of aryl methyl sites for hydroxylation is 1. The normalized spacial score (nSPS) is 9.86. The quantitative estimate of drug-likeness (QED) is 0.384. The van der Waals surface area contributed by atoms with Gasteiger partial charge in [0.2, 0.25) is 0 Å². The van der Waals surface area contributed by atoms with Crippen LogP contribution in [-0.2, 0) is 23.5 Å². The summed E-state index contributed by atoms with van der Waals surface area (Å²) in [6.45, 7) is 2.14. The molecule has 0 bridgehead atoms. The van der Waals surface area contributed by atoms with E-state index >= 15 is 0 Å². The molecule has 1 heterocycles. The van der Waals surface area contributed by atoms with Gasteiger partial charge in [-0.2, -0.15) is 12.1 Å². The van der Waals surface area contributed by atoms with Crippen LogP contribution in [0.15, 0.2) is 78.9 Å². The zero-order valence-corrected chi connectivity index (χ0v) is 13.6. The van der Waals surface area contributed by atoms with Gasteiger partial charge in [-0.15, -0.1) is 12.1 Å². The number of hydrogen-bond donors (Lipinski definition) is 0. The van der Waals surface area contributed by atoms with Crippen molar-refractivity contribution in [3.63, 3.8) is 0 Å². The van der Waals surface area contributed by atoms with Crippen molar-refractivity contribution in [1.29, 1.82) is 0 Å². The maximum absolute atomic E-state index is 4.65. The van der Waals surface area contributed by atoms with E-state index < -0.39 is 0 Å². The monoisotopic (exact) mass is 330 g/mol. The molecule has 0 saturated heterocycles. The van der Waals surface area contributed by atoms with E-state index in [1.807, 2.05) is 36.4 Å². The van der Waals surface area contributed by atoms with Gasteiger partial charge in [0.25, 0.3) is 0 Å². The Bertz CT molecular complexity index is 763. The summed E-state index contributed by atoms with van der Waals surface area (Å²) in [5, 5.41) is 0. The molecule has 3 heteroatoms. The zero-order valence-electron chi connectivity index (χ0n) is 12.5. The molecule has 118 valence electrons. The smallest absolute Gasteiger partial charge is 0.0487 e. The van der Waals surface area contributed by atoms with Crippen molar-refractivity contribution in [2.24, 2.45) is 0 Å². The van der Waals surface area contributed by atoms with Crippen molar-refractivity contribution in [1.82, 2.24) is 9.55 Å². The van der Waals surface area contributed by atoms with Crippen LogP contribution < -0.4 is 0 Å². The molecule has 2 nitrogen and oxygen atoms in total. The molecule has 0 aliphatic rings. The van der Waals surface area contributed by atoms with Gasteiger partial charge in [-0.05, 0) is 18.2 Å². The fourth-order valence-corrected chi connectivity index (χ4v) is 2.43. The van der Waals surface area contributed by atoms with Gasteiger partial charge in [-0.1, -0.05) is 25.1 Å². The molecule has 0 radical (unpaired) electrons. The number of aromatic nitrogens is 2. The maximum atomic E-state index is 4.65. The molecule has 0 amide bonds. The number of imidazole rings is 1. The predicted molar refractivity (Wildman–Crippen MR) is 88.1 cm³/mol. The number of para-hydroxylation sites is 2. The molecule has 22 heavy (non-hydrogen) atoms. The van der Waals surface area contributed by atoms with Gasteiger partial charge < -0.3 is 34.9 Å². The van der Waals surface area contributed by atoms with Crippen LogP contribution in [0.4, 0.5) is 0 Å². The third-order valence-electron chi connectivity index (χ3n) is 3.41. The van der Waals surface area contributed by atoms with Gasteiger partial charge in [0, 0.05) is 33.9 Å². The number of fused-ring (bicyclic) bond motifs is 1. The second-order valence-corrected chi connectivity index (χ2v) is 4.81. The van der Waals surface area contributed by atoms with Crippen LogP contribution in [0.25, 0.3) is 16.7 Å². The van der Waals surface area contributed by atoms with E-state index in [1.54, 1.807) is 0 Å². The average molecular weight is 330 g/mol. The number of rotatable bonds is 2. The van der Waals surface area contributed by atoms with Crippen molar-refractivity contribution in [3.05, 3.63) is 84.7 Å². The minimum atomic E-state index is 0. The van der Waals surface area contributed by atoms with Crippen molar-refractivity contribution >= 4 is 11.0 Å². The molecule has 1 aromatic heterocycles. The predicted octanol–water partition coefficient (Wildman–Crippen LogP) is 4.71. The summed E-state index contributed by atoms with van der Waals surface area (Å²) in [5.74, 6) is 1.12. The van der Waals surface area contributed by atoms with E-state index in [4.69, 9.17) is 0 Å². The molecule has 0 N–H and O–H groups in total. The fraction of sp³-hybridized carbons (Fsp3) is 0.105. The molecule has 0 atom stereocenters. The van der Waals surface area contributed by atoms with Crippen molar-refractivity contribution in [2.45, 2.75) is 13.3 Å². The van der Waals surface area contributed by atoms with Gasteiger partial charge in [0.1, 0.15) is 0 Å². The number of benzene rings is 1. The third kappa shape index (κ3) is 3.38. The average Bonchev–Trinajstić information content (AvgIpc) is 3.26. The first-order valence-corrected chi connectivity index (χ1v) is 7.25. The summed E-state index contributed by atoms with van der Waals surface area (Å²) in [5.41, 5.74) is 3.46. The van der Waals surface area contributed by atoms with E-state index in [9.17, 15) is 0 Å². The van der Waals surface area contributed by atoms with Crippen LogP contribution in [0.1, 0.15) is 12.7 Å². The zero-order chi connectivity index (χ0) is 14.5. The molecule has 0 fully saturated rings. The standard InChI is InChI=1S/C14H13N2.C5H5.Fe/c1-2-14-15-12-9-5-6-10-13(12)16(14)11-7-3-4-8-11;1-2-4-5-3-1;/h3-10H,2H2,1H3;1-5H;/q-1;-5;. The van der Waals surface area contributed by atoms with Gasteiger partial charge in [0.05, 0.1) is 0 Å². The van der Waals surface area contributed by atoms with Gasteiger partial charge >= 0.3 is 0 Å². The molecular weight excluding hydrogens is 312 g/mol. The summed E-state index contributed by atoms with van der Waals surface area (Å²) >= 11 is 0. The van der Waals surface area contributed by atoms with Crippen molar-refractivity contribution in [3.8, 4) is 5.69 Å². The summed E-state index contributed by atoms with van der Waals surface area (Å²) in [6, 6.07) is 26.6. The van der Waals surface area contributed by atoms with E-state index in [0.29, 0.717) is 0 Å². The summed E-state index contributed by atoms with van der Waals surface area (Å²) in [4.78, 5) is 4.65. The molecule has 0 aliphatic carbocycles. The molecule has 0 saturated carbocycles. The first kappa shape index (κ1) is 16.3. The molecule has 0 spiro atoms. The Morgan fingerprint density at radius 2 is 1.55 bits per heavy atom. The Morgan fingerprint density at radius 3 is 2.14 bits per heavy atom. The first-order chi connectivity index (χ1) is 10.4. The first-order valence-electron chi connectivity index (χ1n) is 7.25. The minimum Gasteiger partial charge on any atom is -0.748 e. The van der Waals surface area contributed by atoms with Crippen LogP contribution in [-0.4, -0.2) is 9.55 Å². The Morgan fingerprint density at radius 1 is 0.955 bits per heavy atom. The minimum absolute atomic E-state index is 0. The summed E-state index contributed by atoms with van der Waals surface area (Å²) in [7, 11) is 0. The third-order valence-corrected chi connectivity index (χ3v) is 3.41. The summed E-state index contributed by atoms with van der Waals surface area (Å²) in [6.07, 6.45) is 0.944. The second-order valence-electron chi connectivity index (χ2n) is 4.81. The molecule has 4 aromatic rings. The van der Waals surface area contributed by atoms with Crippen LogP contribution in [0, 0.1) is 0 Å². The Labute approximate surface area is 141 Å². The fourth-order valence-electron chi connectivity index (χ4n) is 2.43. The van der Waals surface area contributed by atoms with Crippen LogP contribution in [0.5, 0.6) is 0 Å². The van der Waals surface area contributed by atoms with Gasteiger partial charge in [-0.25, -0.2) is 0 Å². The van der Waals surface area contributed by atoms with E-state index in [2.05, 4.69) is 58.9 Å². The Balaban J connectivity index is 0.000000253. The van der Waals surface area contributed by atoms with Crippen molar-refractivity contribution < 1.29 is 17.1 Å². The molecule has 0 unspecified atom stereocenters. The molecule has 4 rings (SSSR count). The summed E-state index contributed by atoms with van der Waals surface area (Å²) < 4.78 is 2.23. The van der Waals surface area contributed by atoms with E-state index in [1.165, 1.54) is 11.2 Å².